The van der Waals surface area contributed by atoms with Gasteiger partial charge in [0.25, 0.3) is 5.91 Å². The van der Waals surface area contributed by atoms with Gasteiger partial charge in [-0.1, -0.05) is 48.5 Å². The van der Waals surface area contributed by atoms with Crippen LogP contribution in [0.3, 0.4) is 0 Å². The summed E-state index contributed by atoms with van der Waals surface area (Å²) in [7, 11) is -1.93. The van der Waals surface area contributed by atoms with Crippen molar-refractivity contribution >= 4 is 15.9 Å². The molecular weight excluding hydrogens is 364 g/mol. The first-order valence-electron chi connectivity index (χ1n) is 8.88. The molecule has 0 spiro atoms. The number of hydrogen-bond donors (Lipinski definition) is 3. The van der Waals surface area contributed by atoms with Gasteiger partial charge < -0.3 is 10.4 Å². The Morgan fingerprint density at radius 3 is 2.37 bits per heavy atom. The third-order valence-corrected chi connectivity index (χ3v) is 6.31. The highest BCUT2D eigenvalue weighted by molar-refractivity contribution is 7.88. The van der Waals surface area contributed by atoms with Crippen LogP contribution in [-0.4, -0.2) is 32.1 Å². The van der Waals surface area contributed by atoms with Crippen LogP contribution in [-0.2, 0) is 40.0 Å². The summed E-state index contributed by atoms with van der Waals surface area (Å²) in [5.41, 5.74) is 2.31. The Hall–Kier alpha value is -2.22. The fraction of sp³-hybridized carbons (Fsp3) is 0.350. The lowest BCUT2D eigenvalue weighted by Crippen LogP contribution is -2.50. The number of aliphatic hydroxyl groups is 1. The number of hydrogen-bond acceptors (Lipinski definition) is 4. The summed E-state index contributed by atoms with van der Waals surface area (Å²) in [5.74, 6) is -0.464. The van der Waals surface area contributed by atoms with Crippen molar-refractivity contribution in [2.45, 2.75) is 37.2 Å². The first kappa shape index (κ1) is 19.5. The normalized spacial score (nSPS) is 19.3. The number of benzene rings is 2. The Morgan fingerprint density at radius 1 is 1.07 bits per heavy atom. The van der Waals surface area contributed by atoms with Crippen molar-refractivity contribution in [3.8, 4) is 0 Å². The molecule has 3 N–H and O–H groups in total. The molecule has 0 bridgehead atoms. The zero-order chi connectivity index (χ0) is 19.5. The summed E-state index contributed by atoms with van der Waals surface area (Å²) in [5, 5.41) is 13.6. The maximum absolute atomic E-state index is 12.5. The highest BCUT2D eigenvalue weighted by atomic mass is 32.2. The molecule has 3 rings (SSSR count). The Morgan fingerprint density at radius 2 is 1.70 bits per heavy atom. The van der Waals surface area contributed by atoms with Gasteiger partial charge in [0, 0.05) is 13.0 Å². The molecular formula is C20H24N2O4S. The molecule has 27 heavy (non-hydrogen) atoms. The molecule has 6 nitrogen and oxygen atoms in total. The van der Waals surface area contributed by atoms with Gasteiger partial charge in [-0.05, 0) is 42.1 Å². The largest absolute Gasteiger partial charge is 0.380 e. The van der Waals surface area contributed by atoms with Gasteiger partial charge in [0.1, 0.15) is 5.60 Å². The summed E-state index contributed by atoms with van der Waals surface area (Å²) < 4.78 is 25.4. The van der Waals surface area contributed by atoms with Crippen LogP contribution < -0.4 is 10.0 Å². The molecule has 1 amide bonds. The molecule has 2 aromatic rings. The summed E-state index contributed by atoms with van der Waals surface area (Å²) in [6.07, 6.45) is 1.39. The summed E-state index contributed by atoms with van der Waals surface area (Å²) in [6, 6.07) is 14.9. The molecule has 0 aromatic heterocycles. The van der Waals surface area contributed by atoms with E-state index in [9.17, 15) is 18.3 Å². The predicted octanol–water partition coefficient (Wildman–Crippen LogP) is 1.27. The van der Waals surface area contributed by atoms with Gasteiger partial charge in [0.15, 0.2) is 0 Å². The molecule has 1 unspecified atom stereocenters. The lowest BCUT2D eigenvalue weighted by Gasteiger charge is -2.32. The van der Waals surface area contributed by atoms with E-state index in [1.54, 1.807) is 24.3 Å². The summed E-state index contributed by atoms with van der Waals surface area (Å²) in [4.78, 5) is 12.5. The third-order valence-electron chi connectivity index (χ3n) is 4.98. The number of aryl methyl sites for hydroxylation is 1. The predicted molar refractivity (Wildman–Crippen MR) is 103 cm³/mol. The fourth-order valence-corrected chi connectivity index (χ4v) is 4.08. The van der Waals surface area contributed by atoms with Crippen molar-refractivity contribution in [3.05, 3.63) is 70.8 Å². The minimum atomic E-state index is -3.31. The molecule has 0 saturated carbocycles. The van der Waals surface area contributed by atoms with E-state index in [1.165, 1.54) is 12.6 Å². The topological polar surface area (TPSA) is 95.5 Å². The number of carbonyl (C=O) groups excluding carboxylic acids is 1. The first-order valence-corrected chi connectivity index (χ1v) is 10.5. The Labute approximate surface area is 159 Å². The zero-order valence-corrected chi connectivity index (χ0v) is 16.1. The van der Waals surface area contributed by atoms with Gasteiger partial charge in [-0.3, -0.25) is 4.79 Å². The van der Waals surface area contributed by atoms with Crippen molar-refractivity contribution < 1.29 is 18.3 Å². The second-order valence-corrected chi connectivity index (χ2v) is 8.87. The fourth-order valence-electron chi connectivity index (χ4n) is 3.30. The summed E-state index contributed by atoms with van der Waals surface area (Å²) >= 11 is 0. The van der Waals surface area contributed by atoms with E-state index in [0.29, 0.717) is 24.8 Å². The van der Waals surface area contributed by atoms with Crippen LogP contribution >= 0.6 is 0 Å². The van der Waals surface area contributed by atoms with Crippen LogP contribution in [0, 0.1) is 0 Å². The number of sulfonamides is 1. The maximum Gasteiger partial charge on any atom is 0.252 e. The van der Waals surface area contributed by atoms with Crippen LogP contribution in [0.2, 0.25) is 0 Å². The molecule has 0 fully saturated rings. The Balaban J connectivity index is 1.59. The molecule has 0 heterocycles. The second kappa shape index (κ2) is 7.80. The molecule has 0 aliphatic heterocycles. The average Bonchev–Trinajstić information content (AvgIpc) is 2.67. The highest BCUT2D eigenvalue weighted by Crippen LogP contribution is 2.29. The van der Waals surface area contributed by atoms with E-state index in [-0.39, 0.29) is 18.2 Å². The van der Waals surface area contributed by atoms with Crippen LogP contribution in [0.5, 0.6) is 0 Å². The van der Waals surface area contributed by atoms with Crippen LogP contribution in [0.25, 0.3) is 0 Å². The lowest BCUT2D eigenvalue weighted by molar-refractivity contribution is -0.141. The lowest BCUT2D eigenvalue weighted by atomic mass is 9.80. The molecule has 2 aromatic carbocycles. The first-order chi connectivity index (χ1) is 12.8. The second-order valence-electron chi connectivity index (χ2n) is 6.94. The van der Waals surface area contributed by atoms with Crippen LogP contribution in [0.1, 0.15) is 28.7 Å². The molecule has 0 radical (unpaired) electrons. The Bertz CT molecular complexity index is 925. The highest BCUT2D eigenvalue weighted by Gasteiger charge is 2.38. The van der Waals surface area contributed by atoms with Crippen molar-refractivity contribution in [3.63, 3.8) is 0 Å². The van der Waals surface area contributed by atoms with Gasteiger partial charge in [0.2, 0.25) is 10.0 Å². The number of amides is 1. The number of fused-ring (bicyclic) bond motifs is 1. The molecule has 1 aliphatic rings. The molecule has 144 valence electrons. The minimum Gasteiger partial charge on any atom is -0.380 e. The van der Waals surface area contributed by atoms with Crippen molar-refractivity contribution in [1.29, 1.82) is 0 Å². The van der Waals surface area contributed by atoms with Gasteiger partial charge >= 0.3 is 0 Å². The van der Waals surface area contributed by atoms with E-state index >= 15 is 0 Å². The van der Waals surface area contributed by atoms with Gasteiger partial charge in [0.05, 0.1) is 5.75 Å². The molecule has 1 aliphatic carbocycles. The van der Waals surface area contributed by atoms with Crippen molar-refractivity contribution in [2.75, 3.05) is 7.05 Å². The maximum atomic E-state index is 12.5. The molecule has 7 heteroatoms. The number of nitrogens with one attached hydrogen (secondary N) is 2. The SMILES string of the molecule is CNS(=O)(=O)Cc1ccc(CNC(=O)C2(O)CCc3ccccc3C2)cc1. The molecule has 0 saturated heterocycles. The Kier molecular flexibility index (Phi) is 5.64. The number of rotatable bonds is 6. The van der Waals surface area contributed by atoms with Crippen LogP contribution in [0.15, 0.2) is 48.5 Å². The summed E-state index contributed by atoms with van der Waals surface area (Å²) in [6.45, 7) is 0.280. The van der Waals surface area contributed by atoms with E-state index in [4.69, 9.17) is 0 Å². The van der Waals surface area contributed by atoms with Crippen molar-refractivity contribution in [1.82, 2.24) is 10.0 Å². The third kappa shape index (κ3) is 4.74. The smallest absolute Gasteiger partial charge is 0.252 e. The quantitative estimate of drug-likeness (QED) is 0.695. The zero-order valence-electron chi connectivity index (χ0n) is 15.2. The van der Waals surface area contributed by atoms with E-state index < -0.39 is 15.6 Å². The standard InChI is InChI=1S/C20H24N2O4S/c1-21-27(25,26)14-16-8-6-15(7-9-16)13-22-19(23)20(24)11-10-17-4-2-3-5-18(17)12-20/h2-9,21,24H,10-14H2,1H3,(H,22,23). The monoisotopic (exact) mass is 388 g/mol. The van der Waals surface area contributed by atoms with E-state index in [2.05, 4.69) is 10.0 Å². The van der Waals surface area contributed by atoms with Gasteiger partial charge in [-0.15, -0.1) is 0 Å². The number of carbonyl (C=O) groups is 1. The van der Waals surface area contributed by atoms with Crippen LogP contribution in [0.4, 0.5) is 0 Å². The molecule has 1 atom stereocenters. The van der Waals surface area contributed by atoms with E-state index in [0.717, 1.165) is 11.1 Å². The van der Waals surface area contributed by atoms with E-state index in [1.807, 2.05) is 24.3 Å². The minimum absolute atomic E-state index is 0.0880. The average molecular weight is 388 g/mol. The van der Waals surface area contributed by atoms with Gasteiger partial charge in [-0.2, -0.15) is 0 Å². The van der Waals surface area contributed by atoms with Gasteiger partial charge in [-0.25, -0.2) is 13.1 Å². The van der Waals surface area contributed by atoms with Crippen molar-refractivity contribution in [2.24, 2.45) is 0 Å².